The number of nitrogens with one attached hydrogen (secondary N) is 1. The summed E-state index contributed by atoms with van der Waals surface area (Å²) in [5, 5.41) is 13.4. The van der Waals surface area contributed by atoms with E-state index in [4.69, 9.17) is 5.41 Å². The standard InChI is InChI=1S/C4H7N3/c1-3-6-7-4(2)5/h3,5H,1H2,2H3/b5-4?,7-6-. The van der Waals surface area contributed by atoms with E-state index >= 15 is 0 Å². The number of rotatable bonds is 1. The Bertz CT molecular complexity index is 104. The second kappa shape index (κ2) is 3.21. The van der Waals surface area contributed by atoms with Crippen LogP contribution in [0.3, 0.4) is 0 Å². The van der Waals surface area contributed by atoms with Gasteiger partial charge in [-0.2, -0.15) is 5.11 Å². The Kier molecular flexibility index (Phi) is 2.76. The van der Waals surface area contributed by atoms with Crippen LogP contribution in [-0.2, 0) is 0 Å². The lowest BCUT2D eigenvalue weighted by Gasteiger charge is -1.74. The highest BCUT2D eigenvalue weighted by molar-refractivity contribution is 5.76. The van der Waals surface area contributed by atoms with E-state index in [9.17, 15) is 0 Å². The first-order valence-corrected chi connectivity index (χ1v) is 1.84. The minimum absolute atomic E-state index is 0.194. The van der Waals surface area contributed by atoms with Crippen LogP contribution in [0, 0.1) is 5.41 Å². The van der Waals surface area contributed by atoms with Gasteiger partial charge in [-0.3, -0.25) is 5.41 Å². The maximum Gasteiger partial charge on any atom is 0.140 e. The fourth-order valence-electron chi connectivity index (χ4n) is 0.127. The van der Waals surface area contributed by atoms with Gasteiger partial charge in [-0.1, -0.05) is 6.58 Å². The summed E-state index contributed by atoms with van der Waals surface area (Å²) in [6.45, 7) is 4.82. The summed E-state index contributed by atoms with van der Waals surface area (Å²) in [5.41, 5.74) is 0. The van der Waals surface area contributed by atoms with Crippen molar-refractivity contribution >= 4 is 5.84 Å². The highest BCUT2D eigenvalue weighted by Crippen LogP contribution is 1.75. The molecule has 0 aliphatic rings. The van der Waals surface area contributed by atoms with Crippen molar-refractivity contribution in [3.05, 3.63) is 12.8 Å². The van der Waals surface area contributed by atoms with E-state index in [0.29, 0.717) is 0 Å². The summed E-state index contributed by atoms with van der Waals surface area (Å²) in [6, 6.07) is 0. The average Bonchev–Trinajstić information content (AvgIpc) is 1.61. The highest BCUT2D eigenvalue weighted by Gasteiger charge is 1.70. The molecule has 0 aliphatic heterocycles. The van der Waals surface area contributed by atoms with Gasteiger partial charge in [0.15, 0.2) is 0 Å². The Labute approximate surface area is 42.3 Å². The zero-order valence-electron chi connectivity index (χ0n) is 4.18. The molecule has 1 N–H and O–H groups in total. The Hall–Kier alpha value is -0.990. The minimum atomic E-state index is 0.194. The van der Waals surface area contributed by atoms with Crippen molar-refractivity contribution in [2.75, 3.05) is 0 Å². The van der Waals surface area contributed by atoms with Gasteiger partial charge in [-0.05, 0) is 6.92 Å². The van der Waals surface area contributed by atoms with Crippen LogP contribution in [0.2, 0.25) is 0 Å². The van der Waals surface area contributed by atoms with Crippen molar-refractivity contribution in [1.29, 1.82) is 5.41 Å². The van der Waals surface area contributed by atoms with Crippen molar-refractivity contribution in [3.63, 3.8) is 0 Å². The van der Waals surface area contributed by atoms with Crippen molar-refractivity contribution in [3.8, 4) is 0 Å². The molecule has 3 nitrogen and oxygen atoms in total. The number of amidine groups is 1. The Morgan fingerprint density at radius 1 is 1.86 bits per heavy atom. The van der Waals surface area contributed by atoms with Gasteiger partial charge in [0.05, 0.1) is 0 Å². The summed E-state index contributed by atoms with van der Waals surface area (Å²) >= 11 is 0. The van der Waals surface area contributed by atoms with Crippen LogP contribution < -0.4 is 0 Å². The zero-order chi connectivity index (χ0) is 5.70. The molecule has 0 rings (SSSR count). The van der Waals surface area contributed by atoms with Gasteiger partial charge < -0.3 is 0 Å². The lowest BCUT2D eigenvalue weighted by atomic mass is 10.7. The molecule has 0 aliphatic carbocycles. The van der Waals surface area contributed by atoms with Gasteiger partial charge in [-0.25, -0.2) is 0 Å². The average molecular weight is 97.1 g/mol. The van der Waals surface area contributed by atoms with E-state index in [1.165, 1.54) is 6.20 Å². The molecular formula is C4H7N3. The first kappa shape index (κ1) is 6.01. The van der Waals surface area contributed by atoms with E-state index < -0.39 is 0 Å². The van der Waals surface area contributed by atoms with Gasteiger partial charge in [0.2, 0.25) is 0 Å². The lowest BCUT2D eigenvalue weighted by molar-refractivity contribution is 1.23. The first-order chi connectivity index (χ1) is 3.27. The quantitative estimate of drug-likeness (QED) is 0.293. The molecule has 0 radical (unpaired) electrons. The third-order valence-electron chi connectivity index (χ3n) is 0.289. The van der Waals surface area contributed by atoms with Crippen LogP contribution in [0.1, 0.15) is 6.92 Å². The second-order valence-corrected chi connectivity index (χ2v) is 0.983. The first-order valence-electron chi connectivity index (χ1n) is 1.84. The monoisotopic (exact) mass is 97.1 g/mol. The number of azo groups is 1. The third kappa shape index (κ3) is 5.01. The molecule has 0 aromatic carbocycles. The van der Waals surface area contributed by atoms with Crippen molar-refractivity contribution in [1.82, 2.24) is 0 Å². The molecule has 38 valence electrons. The van der Waals surface area contributed by atoms with E-state index in [0.717, 1.165) is 0 Å². The number of hydrogen-bond acceptors (Lipinski definition) is 2. The minimum Gasteiger partial charge on any atom is -0.285 e. The topological polar surface area (TPSA) is 48.6 Å². The van der Waals surface area contributed by atoms with E-state index in [2.05, 4.69) is 16.8 Å². The van der Waals surface area contributed by atoms with Crippen LogP contribution in [0.25, 0.3) is 0 Å². The van der Waals surface area contributed by atoms with Gasteiger partial charge >= 0.3 is 0 Å². The van der Waals surface area contributed by atoms with Gasteiger partial charge in [0, 0.05) is 6.20 Å². The zero-order valence-corrected chi connectivity index (χ0v) is 4.18. The summed E-state index contributed by atoms with van der Waals surface area (Å²) in [5.74, 6) is 0.194. The number of hydrogen-bond donors (Lipinski definition) is 1. The SMILES string of the molecule is C=C/N=N\C(C)=N. The Morgan fingerprint density at radius 2 is 2.43 bits per heavy atom. The van der Waals surface area contributed by atoms with Crippen LogP contribution in [-0.4, -0.2) is 5.84 Å². The van der Waals surface area contributed by atoms with Crippen LogP contribution in [0.5, 0.6) is 0 Å². The molecule has 0 aromatic heterocycles. The molecule has 0 saturated carbocycles. The van der Waals surface area contributed by atoms with Gasteiger partial charge in [0.25, 0.3) is 0 Å². The fourth-order valence-corrected chi connectivity index (χ4v) is 0.127. The predicted octanol–water partition coefficient (Wildman–Crippen LogP) is 1.58. The largest absolute Gasteiger partial charge is 0.285 e. The molecule has 0 unspecified atom stereocenters. The van der Waals surface area contributed by atoms with Crippen LogP contribution in [0.15, 0.2) is 23.0 Å². The maximum atomic E-state index is 6.69. The molecule has 0 saturated heterocycles. The third-order valence-corrected chi connectivity index (χ3v) is 0.289. The van der Waals surface area contributed by atoms with Gasteiger partial charge in [-0.15, -0.1) is 5.11 Å². The summed E-state index contributed by atoms with van der Waals surface area (Å²) in [6.07, 6.45) is 1.29. The summed E-state index contributed by atoms with van der Waals surface area (Å²) in [7, 11) is 0. The van der Waals surface area contributed by atoms with Gasteiger partial charge in [0.1, 0.15) is 5.84 Å². The normalized spacial score (nSPS) is 9.29. The highest BCUT2D eigenvalue weighted by atomic mass is 15.1. The molecular weight excluding hydrogens is 90.1 g/mol. The van der Waals surface area contributed by atoms with Crippen molar-refractivity contribution in [2.45, 2.75) is 6.92 Å². The molecule has 0 atom stereocenters. The molecule has 0 aromatic rings. The van der Waals surface area contributed by atoms with E-state index in [-0.39, 0.29) is 5.84 Å². The Balaban J connectivity index is 3.46. The molecule has 0 bridgehead atoms. The molecule has 0 amide bonds. The van der Waals surface area contributed by atoms with Crippen LogP contribution in [0.4, 0.5) is 0 Å². The van der Waals surface area contributed by atoms with Crippen molar-refractivity contribution in [2.24, 2.45) is 10.2 Å². The fraction of sp³-hybridized carbons (Fsp3) is 0.250. The molecule has 0 fully saturated rings. The second-order valence-electron chi connectivity index (χ2n) is 0.983. The summed E-state index contributed by atoms with van der Waals surface area (Å²) in [4.78, 5) is 0. The Morgan fingerprint density at radius 3 is 2.57 bits per heavy atom. The smallest absolute Gasteiger partial charge is 0.140 e. The van der Waals surface area contributed by atoms with E-state index in [1.54, 1.807) is 6.92 Å². The van der Waals surface area contributed by atoms with Crippen molar-refractivity contribution < 1.29 is 0 Å². The molecule has 7 heavy (non-hydrogen) atoms. The molecule has 3 heteroatoms. The number of nitrogens with zero attached hydrogens (tertiary/aromatic N) is 2. The lowest BCUT2D eigenvalue weighted by Crippen LogP contribution is -1.73. The molecule has 0 spiro atoms. The van der Waals surface area contributed by atoms with Crippen LogP contribution >= 0.6 is 0 Å². The van der Waals surface area contributed by atoms with E-state index in [1.807, 2.05) is 0 Å². The molecule has 0 heterocycles. The summed E-state index contributed by atoms with van der Waals surface area (Å²) < 4.78 is 0. The predicted molar refractivity (Wildman–Crippen MR) is 28.5 cm³/mol. The maximum absolute atomic E-state index is 6.69.